The van der Waals surface area contributed by atoms with Crippen molar-refractivity contribution in [1.82, 2.24) is 0 Å². The fourth-order valence-electron chi connectivity index (χ4n) is 1.65. The van der Waals surface area contributed by atoms with Gasteiger partial charge < -0.3 is 19.9 Å². The third kappa shape index (κ3) is 2.67. The number of carboxylic acids is 1. The first kappa shape index (κ1) is 14.2. The fraction of sp³-hybridized carbons (Fsp3) is 0.462. The van der Waals surface area contributed by atoms with Gasteiger partial charge in [-0.15, -0.1) is 0 Å². The molecule has 0 bridgehead atoms. The van der Waals surface area contributed by atoms with Crippen LogP contribution in [-0.2, 0) is 4.79 Å². The number of hydrogen-bond acceptors (Lipinski definition) is 4. The zero-order chi connectivity index (χ0) is 13.9. The third-order valence-electron chi connectivity index (χ3n) is 2.76. The molecular weight excluding hydrogens is 234 g/mol. The molecule has 5 nitrogen and oxygen atoms in total. The normalized spacial score (nSPS) is 10.9. The summed E-state index contributed by atoms with van der Waals surface area (Å²) in [7, 11) is 3.12. The zero-order valence-corrected chi connectivity index (χ0v) is 11.3. The molecule has 0 aliphatic heterocycles. The van der Waals surface area contributed by atoms with E-state index in [1.165, 1.54) is 0 Å². The van der Waals surface area contributed by atoms with Crippen LogP contribution in [0.4, 0.5) is 5.69 Å². The zero-order valence-electron chi connectivity index (χ0n) is 11.3. The molecule has 100 valence electrons. The number of rotatable bonds is 5. The Labute approximate surface area is 107 Å². The molecule has 5 heteroatoms. The lowest BCUT2D eigenvalue weighted by Crippen LogP contribution is -2.40. The first-order valence-corrected chi connectivity index (χ1v) is 5.56. The molecule has 1 rings (SSSR count). The molecule has 0 fully saturated rings. The molecule has 0 saturated heterocycles. The molecule has 1 aromatic rings. The number of anilines is 1. The monoisotopic (exact) mass is 253 g/mol. The predicted molar refractivity (Wildman–Crippen MR) is 69.6 cm³/mol. The van der Waals surface area contributed by atoms with Gasteiger partial charge in [-0.2, -0.15) is 0 Å². The molecule has 0 radical (unpaired) electrons. The van der Waals surface area contributed by atoms with Gasteiger partial charge in [0.2, 0.25) is 0 Å². The highest BCUT2D eigenvalue weighted by Gasteiger charge is 2.28. The fourth-order valence-corrected chi connectivity index (χ4v) is 1.65. The van der Waals surface area contributed by atoms with Crippen molar-refractivity contribution < 1.29 is 19.4 Å². The van der Waals surface area contributed by atoms with E-state index in [4.69, 9.17) is 14.6 Å². The van der Waals surface area contributed by atoms with Gasteiger partial charge in [-0.05, 0) is 32.9 Å². The van der Waals surface area contributed by atoms with Crippen LogP contribution in [0.2, 0.25) is 0 Å². The molecule has 0 aliphatic rings. The maximum atomic E-state index is 11.1. The molecular formula is C13H19NO4. The van der Waals surface area contributed by atoms with Gasteiger partial charge in [-0.3, -0.25) is 0 Å². The van der Waals surface area contributed by atoms with Crippen molar-refractivity contribution in [2.45, 2.75) is 26.3 Å². The minimum atomic E-state index is -1.08. The van der Waals surface area contributed by atoms with E-state index in [0.29, 0.717) is 17.2 Å². The topological polar surface area (TPSA) is 67.8 Å². The summed E-state index contributed by atoms with van der Waals surface area (Å²) in [5.41, 5.74) is 0.378. The van der Waals surface area contributed by atoms with E-state index in [9.17, 15) is 4.79 Å². The lowest BCUT2D eigenvalue weighted by atomic mass is 10.0. The van der Waals surface area contributed by atoms with Crippen LogP contribution in [-0.4, -0.2) is 30.8 Å². The summed E-state index contributed by atoms with van der Waals surface area (Å²) in [6.45, 7) is 5.04. The average Bonchev–Trinajstić information content (AvgIpc) is 2.29. The van der Waals surface area contributed by atoms with Gasteiger partial charge in [0, 0.05) is 5.56 Å². The number of nitrogens with one attached hydrogen (secondary N) is 1. The molecule has 0 aromatic heterocycles. The minimum absolute atomic E-state index is 0.587. The smallest absolute Gasteiger partial charge is 0.328 e. The Morgan fingerprint density at radius 3 is 2.33 bits per heavy atom. The van der Waals surface area contributed by atoms with Crippen LogP contribution in [0.3, 0.4) is 0 Å². The number of methoxy groups -OCH3 is 2. The van der Waals surface area contributed by atoms with Crippen LogP contribution in [0, 0.1) is 6.92 Å². The molecule has 0 amide bonds. The second-order valence-corrected chi connectivity index (χ2v) is 4.53. The number of benzene rings is 1. The van der Waals surface area contributed by atoms with E-state index < -0.39 is 11.5 Å². The highest BCUT2D eigenvalue weighted by Crippen LogP contribution is 2.36. The van der Waals surface area contributed by atoms with Crippen molar-refractivity contribution in [3.8, 4) is 11.5 Å². The van der Waals surface area contributed by atoms with Crippen molar-refractivity contribution >= 4 is 11.7 Å². The van der Waals surface area contributed by atoms with Crippen LogP contribution < -0.4 is 14.8 Å². The van der Waals surface area contributed by atoms with Crippen molar-refractivity contribution in [2.24, 2.45) is 0 Å². The van der Waals surface area contributed by atoms with Crippen LogP contribution in [0.1, 0.15) is 19.4 Å². The first-order valence-electron chi connectivity index (χ1n) is 5.56. The summed E-state index contributed by atoms with van der Waals surface area (Å²) >= 11 is 0. The lowest BCUT2D eigenvalue weighted by molar-refractivity contribution is -0.141. The minimum Gasteiger partial charge on any atom is -0.496 e. The largest absolute Gasteiger partial charge is 0.496 e. The first-order chi connectivity index (χ1) is 8.33. The second kappa shape index (κ2) is 5.16. The summed E-state index contributed by atoms with van der Waals surface area (Å²) in [6.07, 6.45) is 0. The van der Waals surface area contributed by atoms with Gasteiger partial charge in [0.05, 0.1) is 19.9 Å². The molecule has 2 N–H and O–H groups in total. The summed E-state index contributed by atoms with van der Waals surface area (Å²) in [4.78, 5) is 11.1. The van der Waals surface area contributed by atoms with Gasteiger partial charge in [0.1, 0.15) is 17.0 Å². The maximum absolute atomic E-state index is 11.1. The highest BCUT2D eigenvalue weighted by molar-refractivity contribution is 5.83. The average molecular weight is 253 g/mol. The lowest BCUT2D eigenvalue weighted by Gasteiger charge is -2.25. The van der Waals surface area contributed by atoms with Crippen molar-refractivity contribution in [3.63, 3.8) is 0 Å². The van der Waals surface area contributed by atoms with Crippen molar-refractivity contribution in [1.29, 1.82) is 0 Å². The van der Waals surface area contributed by atoms with Crippen molar-refractivity contribution in [3.05, 3.63) is 17.7 Å². The summed E-state index contributed by atoms with van der Waals surface area (Å²) in [6, 6.07) is 3.52. The Hall–Kier alpha value is -1.91. The Morgan fingerprint density at radius 1 is 1.28 bits per heavy atom. The number of hydrogen-bond donors (Lipinski definition) is 2. The molecule has 0 unspecified atom stereocenters. The Kier molecular flexibility index (Phi) is 4.06. The van der Waals surface area contributed by atoms with Crippen LogP contribution in [0.15, 0.2) is 12.1 Å². The quantitative estimate of drug-likeness (QED) is 0.842. The van der Waals surface area contributed by atoms with E-state index in [1.807, 2.05) is 6.92 Å². The Morgan fingerprint density at radius 2 is 1.89 bits per heavy atom. The Bertz CT molecular complexity index is 455. The van der Waals surface area contributed by atoms with E-state index >= 15 is 0 Å². The van der Waals surface area contributed by atoms with Gasteiger partial charge in [0.25, 0.3) is 0 Å². The van der Waals surface area contributed by atoms with Crippen molar-refractivity contribution in [2.75, 3.05) is 19.5 Å². The van der Waals surface area contributed by atoms with Crippen LogP contribution >= 0.6 is 0 Å². The Balaban J connectivity index is 3.18. The SMILES string of the molecule is COc1ccc(NC(C)(C)C(=O)O)c(OC)c1C. The molecule has 1 aromatic carbocycles. The predicted octanol–water partition coefficient (Wildman–Crippen LogP) is 2.29. The molecule has 0 atom stereocenters. The second-order valence-electron chi connectivity index (χ2n) is 4.53. The summed E-state index contributed by atoms with van der Waals surface area (Å²) in [5, 5.41) is 12.1. The van der Waals surface area contributed by atoms with Gasteiger partial charge in [-0.25, -0.2) is 4.79 Å². The van der Waals surface area contributed by atoms with Crippen LogP contribution in [0.5, 0.6) is 11.5 Å². The summed E-state index contributed by atoms with van der Waals surface area (Å²) in [5.74, 6) is 0.354. The molecule has 0 heterocycles. The maximum Gasteiger partial charge on any atom is 0.328 e. The molecule has 0 aliphatic carbocycles. The molecule has 18 heavy (non-hydrogen) atoms. The standard InChI is InChI=1S/C13H19NO4/c1-8-10(17-4)7-6-9(11(8)18-5)14-13(2,3)12(15)16/h6-7,14H,1-5H3,(H,15,16). The summed E-state index contributed by atoms with van der Waals surface area (Å²) < 4.78 is 10.5. The van der Waals surface area contributed by atoms with Gasteiger partial charge >= 0.3 is 5.97 Å². The van der Waals surface area contributed by atoms with Gasteiger partial charge in [-0.1, -0.05) is 0 Å². The highest BCUT2D eigenvalue weighted by atomic mass is 16.5. The van der Waals surface area contributed by atoms with E-state index in [-0.39, 0.29) is 0 Å². The van der Waals surface area contributed by atoms with E-state index in [0.717, 1.165) is 5.56 Å². The van der Waals surface area contributed by atoms with E-state index in [1.54, 1.807) is 40.2 Å². The molecule has 0 saturated carbocycles. The number of carbonyl (C=O) groups is 1. The number of carboxylic acid groups (broad SMARTS) is 1. The number of aliphatic carboxylic acids is 1. The molecule has 0 spiro atoms. The van der Waals surface area contributed by atoms with Crippen LogP contribution in [0.25, 0.3) is 0 Å². The third-order valence-corrected chi connectivity index (χ3v) is 2.76. The number of ether oxygens (including phenoxy) is 2. The van der Waals surface area contributed by atoms with E-state index in [2.05, 4.69) is 5.32 Å². The van der Waals surface area contributed by atoms with Gasteiger partial charge in [0.15, 0.2) is 0 Å².